The van der Waals surface area contributed by atoms with E-state index in [1.165, 1.54) is 4.90 Å². The van der Waals surface area contributed by atoms with E-state index in [0.29, 0.717) is 12.2 Å². The van der Waals surface area contributed by atoms with Crippen LogP contribution in [0.15, 0.2) is 66.0 Å². The van der Waals surface area contributed by atoms with E-state index in [1.807, 2.05) is 50.4 Å². The van der Waals surface area contributed by atoms with Crippen molar-refractivity contribution in [1.29, 1.82) is 0 Å². The van der Waals surface area contributed by atoms with Gasteiger partial charge in [-0.2, -0.15) is 0 Å². The van der Waals surface area contributed by atoms with Crippen molar-refractivity contribution in [2.75, 3.05) is 18.1 Å². The van der Waals surface area contributed by atoms with Crippen LogP contribution in [-0.4, -0.2) is 24.0 Å². The molecule has 1 amide bonds. The van der Waals surface area contributed by atoms with Crippen molar-refractivity contribution in [3.63, 3.8) is 0 Å². The monoisotopic (exact) mass is 438 g/mol. The third-order valence-electron chi connectivity index (χ3n) is 4.88. The van der Waals surface area contributed by atoms with Crippen molar-refractivity contribution in [2.45, 2.75) is 32.8 Å². The Kier molecular flexibility index (Phi) is 7.20. The van der Waals surface area contributed by atoms with Crippen LogP contribution in [0.1, 0.15) is 41.6 Å². The van der Waals surface area contributed by atoms with Crippen LogP contribution in [0, 0.1) is 10.1 Å². The van der Waals surface area contributed by atoms with Crippen LogP contribution in [0.3, 0.4) is 0 Å². The standard InChI is InChI=1S/C24H26N2O4S/c1-24(2,3)19-11-12-21(22(16-19)26(28)29)25(23(27)18-8-5-4-6-9-18)13-14-30-17-20-10-7-15-31-20/h4-12,15-16H,13-14,17H2,1-3H3. The van der Waals surface area contributed by atoms with Gasteiger partial charge in [0.05, 0.1) is 18.1 Å². The molecule has 31 heavy (non-hydrogen) atoms. The predicted octanol–water partition coefficient (Wildman–Crippen LogP) is 5.82. The molecule has 162 valence electrons. The molecule has 1 heterocycles. The first-order valence-corrected chi connectivity index (χ1v) is 10.9. The van der Waals surface area contributed by atoms with Gasteiger partial charge in [-0.05, 0) is 40.6 Å². The summed E-state index contributed by atoms with van der Waals surface area (Å²) < 4.78 is 5.74. The molecule has 0 fully saturated rings. The quantitative estimate of drug-likeness (QED) is 0.252. The molecule has 0 aliphatic carbocycles. The van der Waals surface area contributed by atoms with Gasteiger partial charge in [0.15, 0.2) is 0 Å². The summed E-state index contributed by atoms with van der Waals surface area (Å²) >= 11 is 1.60. The highest BCUT2D eigenvalue weighted by Crippen LogP contribution is 2.34. The SMILES string of the molecule is CC(C)(C)c1ccc(N(CCOCc2cccs2)C(=O)c2ccccc2)c([N+](=O)[O-])c1. The highest BCUT2D eigenvalue weighted by molar-refractivity contribution is 7.09. The first-order valence-electron chi connectivity index (χ1n) is 10.0. The van der Waals surface area contributed by atoms with Gasteiger partial charge in [0.2, 0.25) is 0 Å². The van der Waals surface area contributed by atoms with E-state index in [1.54, 1.807) is 47.7 Å². The number of hydrogen-bond donors (Lipinski definition) is 0. The van der Waals surface area contributed by atoms with Crippen LogP contribution in [-0.2, 0) is 16.8 Å². The van der Waals surface area contributed by atoms with E-state index < -0.39 is 4.92 Å². The molecule has 1 aromatic heterocycles. The van der Waals surface area contributed by atoms with Crippen LogP contribution in [0.4, 0.5) is 11.4 Å². The Morgan fingerprint density at radius 1 is 1.10 bits per heavy atom. The Morgan fingerprint density at radius 3 is 2.45 bits per heavy atom. The van der Waals surface area contributed by atoms with Gasteiger partial charge in [-0.3, -0.25) is 19.8 Å². The van der Waals surface area contributed by atoms with Gasteiger partial charge in [-0.25, -0.2) is 0 Å². The normalized spacial score (nSPS) is 11.3. The molecule has 0 saturated heterocycles. The lowest BCUT2D eigenvalue weighted by Gasteiger charge is -2.25. The van der Waals surface area contributed by atoms with Gasteiger partial charge in [0.25, 0.3) is 11.6 Å². The fourth-order valence-corrected chi connectivity index (χ4v) is 3.80. The molecular formula is C24H26N2O4S. The van der Waals surface area contributed by atoms with Gasteiger partial charge in [0, 0.05) is 23.1 Å². The van der Waals surface area contributed by atoms with Crippen molar-refractivity contribution in [1.82, 2.24) is 0 Å². The Hall–Kier alpha value is -3.03. The molecule has 2 aromatic carbocycles. The van der Waals surface area contributed by atoms with Crippen molar-refractivity contribution in [3.8, 4) is 0 Å². The molecule has 3 aromatic rings. The molecule has 0 aliphatic heterocycles. The average Bonchev–Trinajstić information content (AvgIpc) is 3.26. The molecule has 0 N–H and O–H groups in total. The molecule has 0 aliphatic rings. The maximum Gasteiger partial charge on any atom is 0.293 e. The molecular weight excluding hydrogens is 412 g/mol. The maximum absolute atomic E-state index is 13.3. The van der Waals surface area contributed by atoms with Gasteiger partial charge in [-0.15, -0.1) is 11.3 Å². The number of hydrogen-bond acceptors (Lipinski definition) is 5. The second-order valence-electron chi connectivity index (χ2n) is 8.17. The van der Waals surface area contributed by atoms with Gasteiger partial charge in [-0.1, -0.05) is 51.1 Å². The fourth-order valence-electron chi connectivity index (χ4n) is 3.16. The van der Waals surface area contributed by atoms with E-state index in [2.05, 4.69) is 0 Å². The minimum atomic E-state index is -0.428. The second kappa shape index (κ2) is 9.85. The number of nitro benzene ring substituents is 1. The molecule has 0 spiro atoms. The van der Waals surface area contributed by atoms with Crippen molar-refractivity contribution >= 4 is 28.6 Å². The first kappa shape index (κ1) is 22.7. The number of carbonyl (C=O) groups excluding carboxylic acids is 1. The number of nitrogens with zero attached hydrogens (tertiary/aromatic N) is 2. The van der Waals surface area contributed by atoms with Crippen LogP contribution in [0.5, 0.6) is 0 Å². The summed E-state index contributed by atoms with van der Waals surface area (Å²) in [5.74, 6) is -0.299. The topological polar surface area (TPSA) is 72.7 Å². The number of carbonyl (C=O) groups is 1. The molecule has 0 atom stereocenters. The van der Waals surface area contributed by atoms with Crippen LogP contribution in [0.25, 0.3) is 0 Å². The summed E-state index contributed by atoms with van der Waals surface area (Å²) in [6, 6.07) is 17.8. The molecule has 7 heteroatoms. The summed E-state index contributed by atoms with van der Waals surface area (Å²) in [5, 5.41) is 13.9. The molecule has 0 saturated carbocycles. The fraction of sp³-hybridized carbons (Fsp3) is 0.292. The largest absolute Gasteiger partial charge is 0.374 e. The van der Waals surface area contributed by atoms with E-state index in [0.717, 1.165) is 10.4 Å². The summed E-state index contributed by atoms with van der Waals surface area (Å²) in [5.41, 5.74) is 1.24. The average molecular weight is 439 g/mol. The highest BCUT2D eigenvalue weighted by atomic mass is 32.1. The Labute approximate surface area is 186 Å². The van der Waals surface area contributed by atoms with E-state index in [4.69, 9.17) is 4.74 Å². The van der Waals surface area contributed by atoms with E-state index in [9.17, 15) is 14.9 Å². The smallest absolute Gasteiger partial charge is 0.293 e. The number of rotatable bonds is 8. The molecule has 0 radical (unpaired) electrons. The summed E-state index contributed by atoms with van der Waals surface area (Å²) in [6.07, 6.45) is 0. The molecule has 0 unspecified atom stereocenters. The number of thiophene rings is 1. The zero-order valence-corrected chi connectivity index (χ0v) is 18.7. The van der Waals surface area contributed by atoms with Gasteiger partial charge < -0.3 is 4.74 Å². The lowest BCUT2D eigenvalue weighted by Crippen LogP contribution is -2.34. The Bertz CT molecular complexity index is 1030. The van der Waals surface area contributed by atoms with Crippen LogP contribution < -0.4 is 4.90 Å². The number of nitro groups is 1. The second-order valence-corrected chi connectivity index (χ2v) is 9.20. The Balaban J connectivity index is 1.91. The lowest BCUT2D eigenvalue weighted by molar-refractivity contribution is -0.384. The van der Waals surface area contributed by atoms with Crippen molar-refractivity contribution in [3.05, 3.63) is 92.2 Å². The van der Waals surface area contributed by atoms with Crippen LogP contribution in [0.2, 0.25) is 0 Å². The van der Waals surface area contributed by atoms with Crippen molar-refractivity contribution in [2.24, 2.45) is 0 Å². The lowest BCUT2D eigenvalue weighted by atomic mass is 9.86. The highest BCUT2D eigenvalue weighted by Gasteiger charge is 2.27. The summed E-state index contributed by atoms with van der Waals surface area (Å²) in [6.45, 7) is 6.89. The summed E-state index contributed by atoms with van der Waals surface area (Å²) in [4.78, 5) is 27.3. The zero-order chi connectivity index (χ0) is 22.4. The predicted molar refractivity (Wildman–Crippen MR) is 124 cm³/mol. The van der Waals surface area contributed by atoms with Gasteiger partial charge in [0.1, 0.15) is 5.69 Å². The number of benzene rings is 2. The van der Waals surface area contributed by atoms with Crippen LogP contribution >= 0.6 is 11.3 Å². The number of anilines is 1. The third-order valence-corrected chi connectivity index (χ3v) is 5.73. The minimum Gasteiger partial charge on any atom is -0.374 e. The maximum atomic E-state index is 13.3. The molecule has 0 bridgehead atoms. The molecule has 3 rings (SSSR count). The Morgan fingerprint density at radius 2 is 1.84 bits per heavy atom. The van der Waals surface area contributed by atoms with Crippen molar-refractivity contribution < 1.29 is 14.5 Å². The van der Waals surface area contributed by atoms with Gasteiger partial charge >= 0.3 is 0 Å². The number of amides is 1. The summed E-state index contributed by atoms with van der Waals surface area (Å²) in [7, 11) is 0. The minimum absolute atomic E-state index is 0.0880. The third kappa shape index (κ3) is 5.77. The van der Waals surface area contributed by atoms with E-state index >= 15 is 0 Å². The zero-order valence-electron chi connectivity index (χ0n) is 17.9. The molecule has 6 nitrogen and oxygen atoms in total. The van der Waals surface area contributed by atoms with E-state index in [-0.39, 0.29) is 35.8 Å². The first-order chi connectivity index (χ1) is 14.8. The number of ether oxygens (including phenoxy) is 1.